The van der Waals surface area contributed by atoms with Gasteiger partial charge < -0.3 is 9.84 Å². The highest BCUT2D eigenvalue weighted by molar-refractivity contribution is 5.86. The predicted octanol–water partition coefficient (Wildman–Crippen LogP) is 0.418. The molecule has 1 rings (SSSR count). The van der Waals surface area contributed by atoms with E-state index in [1.54, 1.807) is 6.08 Å². The molecular weight excluding hydrogens is 120 g/mol. The predicted molar refractivity (Wildman–Crippen MR) is 31.2 cm³/mol. The van der Waals surface area contributed by atoms with Crippen LogP contribution < -0.4 is 0 Å². The Labute approximate surface area is 52.9 Å². The van der Waals surface area contributed by atoms with Crippen LogP contribution in [0.4, 0.5) is 0 Å². The van der Waals surface area contributed by atoms with Crippen molar-refractivity contribution in [1.82, 2.24) is 0 Å². The van der Waals surface area contributed by atoms with Crippen molar-refractivity contribution < 1.29 is 14.6 Å². The molecule has 9 heavy (non-hydrogen) atoms. The monoisotopic (exact) mass is 128 g/mol. The van der Waals surface area contributed by atoms with Crippen LogP contribution in [0, 0.1) is 0 Å². The largest absolute Gasteiger partial charge is 0.478 e. The number of ether oxygens (including phenoxy) is 1. The van der Waals surface area contributed by atoms with Crippen molar-refractivity contribution in [2.75, 3.05) is 13.2 Å². The lowest BCUT2D eigenvalue weighted by atomic mass is 10.2. The second-order valence-electron chi connectivity index (χ2n) is 1.88. The summed E-state index contributed by atoms with van der Waals surface area (Å²) in [5.41, 5.74) is 0.376. The minimum Gasteiger partial charge on any atom is -0.478 e. The van der Waals surface area contributed by atoms with Gasteiger partial charge in [0.15, 0.2) is 0 Å². The van der Waals surface area contributed by atoms with E-state index in [0.29, 0.717) is 12.2 Å². The standard InChI is InChI=1S/C6H8O3/c7-6(8)5-2-1-3-9-4-5/h2H,1,3-4H2,(H,7,8). The molecule has 1 N–H and O–H groups in total. The number of carboxylic acid groups (broad SMARTS) is 1. The van der Waals surface area contributed by atoms with Crippen LogP contribution in [-0.4, -0.2) is 24.3 Å². The molecule has 0 radical (unpaired) electrons. The number of hydrogen-bond donors (Lipinski definition) is 1. The van der Waals surface area contributed by atoms with Crippen molar-refractivity contribution >= 4 is 5.97 Å². The van der Waals surface area contributed by atoms with Crippen molar-refractivity contribution in [1.29, 1.82) is 0 Å². The molecule has 0 saturated carbocycles. The van der Waals surface area contributed by atoms with Gasteiger partial charge in [-0.15, -0.1) is 0 Å². The molecule has 0 saturated heterocycles. The minimum atomic E-state index is -0.866. The van der Waals surface area contributed by atoms with Crippen LogP contribution in [0.2, 0.25) is 0 Å². The molecule has 0 amide bonds. The summed E-state index contributed by atoms with van der Waals surface area (Å²) in [4.78, 5) is 10.2. The first kappa shape index (κ1) is 6.29. The molecule has 0 unspecified atom stereocenters. The van der Waals surface area contributed by atoms with Gasteiger partial charge >= 0.3 is 5.97 Å². The summed E-state index contributed by atoms with van der Waals surface area (Å²) in [5.74, 6) is -0.866. The molecule has 1 heterocycles. The van der Waals surface area contributed by atoms with Crippen LogP contribution in [0.1, 0.15) is 6.42 Å². The fraction of sp³-hybridized carbons (Fsp3) is 0.500. The SMILES string of the molecule is O=C(O)C1=CCCOC1. The van der Waals surface area contributed by atoms with Gasteiger partial charge in [-0.25, -0.2) is 4.79 Å². The third-order valence-corrected chi connectivity index (χ3v) is 1.19. The Hall–Kier alpha value is -0.830. The molecule has 3 heteroatoms. The van der Waals surface area contributed by atoms with Crippen LogP contribution in [0.15, 0.2) is 11.6 Å². The van der Waals surface area contributed by atoms with E-state index in [-0.39, 0.29) is 6.61 Å². The maximum atomic E-state index is 10.2. The fourth-order valence-corrected chi connectivity index (χ4v) is 0.707. The molecule has 3 nitrogen and oxygen atoms in total. The molecule has 50 valence electrons. The Bertz CT molecular complexity index is 148. The average molecular weight is 128 g/mol. The highest BCUT2D eigenvalue weighted by Gasteiger charge is 2.09. The van der Waals surface area contributed by atoms with E-state index in [1.807, 2.05) is 0 Å². The molecule has 0 atom stereocenters. The topological polar surface area (TPSA) is 46.5 Å². The van der Waals surface area contributed by atoms with Gasteiger partial charge in [0.1, 0.15) is 0 Å². The van der Waals surface area contributed by atoms with Crippen molar-refractivity contribution in [3.63, 3.8) is 0 Å². The molecule has 0 aliphatic carbocycles. The first-order valence-electron chi connectivity index (χ1n) is 2.81. The highest BCUT2D eigenvalue weighted by Crippen LogP contribution is 2.04. The van der Waals surface area contributed by atoms with E-state index in [2.05, 4.69) is 0 Å². The second kappa shape index (κ2) is 2.64. The van der Waals surface area contributed by atoms with Gasteiger partial charge in [0.2, 0.25) is 0 Å². The molecule has 0 fully saturated rings. The molecule has 0 aromatic carbocycles. The van der Waals surface area contributed by atoms with Crippen LogP contribution in [0.25, 0.3) is 0 Å². The zero-order valence-corrected chi connectivity index (χ0v) is 4.96. The highest BCUT2D eigenvalue weighted by atomic mass is 16.5. The summed E-state index contributed by atoms with van der Waals surface area (Å²) in [6, 6.07) is 0. The number of carbonyl (C=O) groups is 1. The molecule has 0 bridgehead atoms. The third kappa shape index (κ3) is 1.54. The number of aliphatic carboxylic acids is 1. The van der Waals surface area contributed by atoms with Crippen LogP contribution in [0.5, 0.6) is 0 Å². The van der Waals surface area contributed by atoms with E-state index in [0.717, 1.165) is 6.42 Å². The Morgan fingerprint density at radius 1 is 1.78 bits per heavy atom. The second-order valence-corrected chi connectivity index (χ2v) is 1.88. The molecule has 0 spiro atoms. The minimum absolute atomic E-state index is 0.259. The number of hydrogen-bond acceptors (Lipinski definition) is 2. The maximum absolute atomic E-state index is 10.2. The van der Waals surface area contributed by atoms with Crippen molar-refractivity contribution in [2.45, 2.75) is 6.42 Å². The van der Waals surface area contributed by atoms with Gasteiger partial charge in [0.05, 0.1) is 18.8 Å². The fourth-order valence-electron chi connectivity index (χ4n) is 0.707. The van der Waals surface area contributed by atoms with Gasteiger partial charge in [-0.05, 0) is 6.42 Å². The Balaban J connectivity index is 2.57. The summed E-state index contributed by atoms with van der Waals surface area (Å²) >= 11 is 0. The Morgan fingerprint density at radius 2 is 2.56 bits per heavy atom. The molecule has 0 aromatic rings. The summed E-state index contributed by atoms with van der Waals surface area (Å²) < 4.78 is 4.89. The normalized spacial score (nSPS) is 18.9. The van der Waals surface area contributed by atoms with E-state index in [9.17, 15) is 4.79 Å². The quantitative estimate of drug-likeness (QED) is 0.556. The van der Waals surface area contributed by atoms with Gasteiger partial charge in [-0.1, -0.05) is 6.08 Å². The summed E-state index contributed by atoms with van der Waals surface area (Å²) in [6.45, 7) is 0.909. The lowest BCUT2D eigenvalue weighted by Crippen LogP contribution is -2.12. The van der Waals surface area contributed by atoms with E-state index >= 15 is 0 Å². The number of rotatable bonds is 1. The zero-order chi connectivity index (χ0) is 6.69. The van der Waals surface area contributed by atoms with E-state index < -0.39 is 5.97 Å². The molecular formula is C6H8O3. The lowest BCUT2D eigenvalue weighted by molar-refractivity contribution is -0.133. The first-order valence-corrected chi connectivity index (χ1v) is 2.81. The van der Waals surface area contributed by atoms with Gasteiger partial charge in [-0.3, -0.25) is 0 Å². The Morgan fingerprint density at radius 3 is 2.89 bits per heavy atom. The maximum Gasteiger partial charge on any atom is 0.333 e. The molecule has 1 aliphatic rings. The van der Waals surface area contributed by atoms with E-state index in [1.165, 1.54) is 0 Å². The molecule has 1 aliphatic heterocycles. The smallest absolute Gasteiger partial charge is 0.333 e. The van der Waals surface area contributed by atoms with Crippen LogP contribution >= 0.6 is 0 Å². The Kier molecular flexibility index (Phi) is 1.85. The van der Waals surface area contributed by atoms with E-state index in [4.69, 9.17) is 9.84 Å². The van der Waals surface area contributed by atoms with Crippen molar-refractivity contribution in [3.8, 4) is 0 Å². The van der Waals surface area contributed by atoms with Gasteiger partial charge in [0.25, 0.3) is 0 Å². The van der Waals surface area contributed by atoms with Crippen molar-refractivity contribution in [3.05, 3.63) is 11.6 Å². The third-order valence-electron chi connectivity index (χ3n) is 1.19. The van der Waals surface area contributed by atoms with Gasteiger partial charge in [-0.2, -0.15) is 0 Å². The summed E-state index contributed by atoms with van der Waals surface area (Å²) in [5, 5.41) is 8.39. The lowest BCUT2D eigenvalue weighted by Gasteiger charge is -2.08. The molecule has 0 aromatic heterocycles. The number of carboxylic acids is 1. The van der Waals surface area contributed by atoms with Gasteiger partial charge in [0, 0.05) is 0 Å². The summed E-state index contributed by atoms with van der Waals surface area (Å²) in [7, 11) is 0. The van der Waals surface area contributed by atoms with Crippen LogP contribution in [-0.2, 0) is 9.53 Å². The van der Waals surface area contributed by atoms with Crippen LogP contribution in [0.3, 0.4) is 0 Å². The van der Waals surface area contributed by atoms with Crippen molar-refractivity contribution in [2.24, 2.45) is 0 Å². The average Bonchev–Trinajstić information content (AvgIpc) is 1.90. The summed E-state index contributed by atoms with van der Waals surface area (Å²) in [6.07, 6.45) is 2.42. The zero-order valence-electron chi connectivity index (χ0n) is 4.96. The first-order chi connectivity index (χ1) is 4.30.